The molecule has 0 amide bonds. The molecule has 0 aliphatic heterocycles. The van der Waals surface area contributed by atoms with Gasteiger partial charge in [-0.2, -0.15) is 0 Å². The molecule has 0 fully saturated rings. The molecule has 8 nitrogen and oxygen atoms in total. The maximum atomic E-state index is 12.7. The summed E-state index contributed by atoms with van der Waals surface area (Å²) >= 11 is 0. The maximum absolute atomic E-state index is 12.7. The molecule has 2 atom stereocenters. The Balaban J connectivity index is 4.15. The van der Waals surface area contributed by atoms with Gasteiger partial charge >= 0.3 is 5.97 Å². The second-order valence-electron chi connectivity index (χ2n) is 18.1. The van der Waals surface area contributed by atoms with Crippen LogP contribution in [0.5, 0.6) is 0 Å². The molecule has 0 saturated carbocycles. The number of allylic oxidation sites excluding steroid dienone is 12. The van der Waals surface area contributed by atoms with Crippen molar-refractivity contribution >= 4 is 13.8 Å². The number of hydrogen-bond donors (Lipinski definition) is 0. The summed E-state index contributed by atoms with van der Waals surface area (Å²) in [5.41, 5.74) is 0. The van der Waals surface area contributed by atoms with E-state index in [0.717, 1.165) is 77.0 Å². The van der Waals surface area contributed by atoms with Crippen molar-refractivity contribution < 1.29 is 37.3 Å². The SMILES string of the molecule is CC/C=C\C/C=C\C/C=C\C/C=C\CCCCCOCC(COP(=O)([O-])OCC[N+](C)(C)C)OC(=O)CCCCCCCCCCCCCCC/C=C\C/C=C\CCCCCCC. The number of ether oxygens (including phenoxy) is 2. The Morgan fingerprint density at radius 1 is 0.508 bits per heavy atom. The van der Waals surface area contributed by atoms with Gasteiger partial charge in [-0.05, 0) is 83.5 Å². The summed E-state index contributed by atoms with van der Waals surface area (Å²) in [6, 6.07) is 0. The zero-order valence-electron chi connectivity index (χ0n) is 41.5. The predicted molar refractivity (Wildman–Crippen MR) is 268 cm³/mol. The summed E-state index contributed by atoms with van der Waals surface area (Å²) in [4.78, 5) is 25.2. The van der Waals surface area contributed by atoms with Crippen LogP contribution in [0.15, 0.2) is 72.9 Å². The van der Waals surface area contributed by atoms with E-state index in [1.54, 1.807) is 0 Å². The molecule has 0 aliphatic carbocycles. The quantitative estimate of drug-likeness (QED) is 0.0197. The lowest BCUT2D eigenvalue weighted by atomic mass is 10.0. The first-order chi connectivity index (χ1) is 30.6. The Kier molecular flexibility index (Phi) is 44.9. The van der Waals surface area contributed by atoms with Gasteiger partial charge in [0, 0.05) is 13.0 Å². The van der Waals surface area contributed by atoms with Gasteiger partial charge in [0.2, 0.25) is 0 Å². The van der Waals surface area contributed by atoms with Crippen molar-refractivity contribution in [3.05, 3.63) is 72.9 Å². The maximum Gasteiger partial charge on any atom is 0.306 e. The number of carbonyl (C=O) groups is 1. The number of hydrogen-bond acceptors (Lipinski definition) is 7. The molecule has 0 radical (unpaired) electrons. The normalized spacial score (nSPS) is 14.2. The molecule has 0 aliphatic rings. The number of unbranched alkanes of at least 4 members (excludes halogenated alkanes) is 21. The summed E-state index contributed by atoms with van der Waals surface area (Å²) in [5, 5.41) is 0. The topological polar surface area (TPSA) is 94.1 Å². The van der Waals surface area contributed by atoms with Crippen molar-refractivity contribution in [3.8, 4) is 0 Å². The molecular formula is C54H98NO7P. The van der Waals surface area contributed by atoms with E-state index in [9.17, 15) is 14.3 Å². The summed E-state index contributed by atoms with van der Waals surface area (Å²) in [6.45, 7) is 5.21. The molecule has 0 heterocycles. The molecule has 2 unspecified atom stereocenters. The first-order valence-electron chi connectivity index (χ1n) is 25.7. The minimum Gasteiger partial charge on any atom is -0.756 e. The third kappa shape index (κ3) is 50.8. The summed E-state index contributed by atoms with van der Waals surface area (Å²) < 4.78 is 34.7. The minimum absolute atomic E-state index is 0.0166. The van der Waals surface area contributed by atoms with Crippen molar-refractivity contribution in [2.75, 3.05) is 54.1 Å². The number of nitrogens with zero attached hydrogens (tertiary/aromatic N) is 1. The first kappa shape index (κ1) is 60.9. The molecule has 9 heteroatoms. The van der Waals surface area contributed by atoms with E-state index in [-0.39, 0.29) is 25.8 Å². The van der Waals surface area contributed by atoms with Crippen LogP contribution in [-0.2, 0) is 27.9 Å². The van der Waals surface area contributed by atoms with Crippen LogP contribution >= 0.6 is 7.82 Å². The standard InChI is InChI=1S/C54H98NO7P/c1-6-8-10-12-14-16-18-20-22-24-25-26-27-28-29-30-31-32-33-35-37-39-41-43-45-47-54(56)62-53(52-61-63(57,58)60-50-48-55(3,4)5)51-59-49-46-44-42-40-38-36-34-23-21-19-17-15-13-11-9-7-2/h9,11,15,17-18,20-21,23-25,36,38,53H,6-8,10,12-14,16,19,22,26-35,37,39-52H2,1-5H3/b11-9-,17-15-,20-18-,23-21-,25-24-,38-36-. The predicted octanol–water partition coefficient (Wildman–Crippen LogP) is 15.2. The van der Waals surface area contributed by atoms with Gasteiger partial charge in [0.25, 0.3) is 7.82 Å². The molecule has 0 aromatic carbocycles. The van der Waals surface area contributed by atoms with E-state index < -0.39 is 13.9 Å². The molecule has 0 saturated heterocycles. The number of phosphoric ester groups is 1. The van der Waals surface area contributed by atoms with E-state index in [2.05, 4.69) is 86.8 Å². The van der Waals surface area contributed by atoms with Gasteiger partial charge in [-0.15, -0.1) is 0 Å². The molecule has 0 bridgehead atoms. The van der Waals surface area contributed by atoms with Crippen molar-refractivity contribution in [2.24, 2.45) is 0 Å². The van der Waals surface area contributed by atoms with Gasteiger partial charge in [0.05, 0.1) is 34.4 Å². The van der Waals surface area contributed by atoms with Crippen LogP contribution in [0.1, 0.15) is 206 Å². The molecule has 0 rings (SSSR count). The summed E-state index contributed by atoms with van der Waals surface area (Å²) in [6.07, 6.45) is 60.8. The highest BCUT2D eigenvalue weighted by molar-refractivity contribution is 7.45. The van der Waals surface area contributed by atoms with Crippen LogP contribution in [-0.4, -0.2) is 70.7 Å². The van der Waals surface area contributed by atoms with Crippen molar-refractivity contribution in [1.29, 1.82) is 0 Å². The Labute approximate surface area is 389 Å². The van der Waals surface area contributed by atoms with E-state index in [1.807, 2.05) is 21.1 Å². The molecule has 366 valence electrons. The first-order valence-corrected chi connectivity index (χ1v) is 27.1. The van der Waals surface area contributed by atoms with Crippen molar-refractivity contribution in [2.45, 2.75) is 213 Å². The largest absolute Gasteiger partial charge is 0.756 e. The van der Waals surface area contributed by atoms with Crippen LogP contribution in [0.2, 0.25) is 0 Å². The number of phosphoric acid groups is 1. The molecular weight excluding hydrogens is 806 g/mol. The number of quaternary nitrogens is 1. The smallest absolute Gasteiger partial charge is 0.306 e. The summed E-state index contributed by atoms with van der Waals surface area (Å²) in [7, 11) is 1.33. The Hall–Kier alpha value is -2.06. The van der Waals surface area contributed by atoms with Crippen LogP contribution in [0.25, 0.3) is 0 Å². The lowest BCUT2D eigenvalue weighted by Gasteiger charge is -2.28. The zero-order chi connectivity index (χ0) is 46.2. The van der Waals surface area contributed by atoms with Gasteiger partial charge in [0.15, 0.2) is 0 Å². The third-order valence-electron chi connectivity index (χ3n) is 10.7. The Morgan fingerprint density at radius 3 is 1.38 bits per heavy atom. The lowest BCUT2D eigenvalue weighted by Crippen LogP contribution is -2.37. The summed E-state index contributed by atoms with van der Waals surface area (Å²) in [5.74, 6) is -0.347. The van der Waals surface area contributed by atoms with Crippen molar-refractivity contribution in [3.63, 3.8) is 0 Å². The molecule has 0 N–H and O–H groups in total. The van der Waals surface area contributed by atoms with E-state index in [4.69, 9.17) is 18.5 Å². The second kappa shape index (κ2) is 46.5. The zero-order valence-corrected chi connectivity index (χ0v) is 42.4. The number of carbonyl (C=O) groups excluding carboxylic acids is 1. The average Bonchev–Trinajstić information content (AvgIpc) is 3.24. The molecule has 63 heavy (non-hydrogen) atoms. The monoisotopic (exact) mass is 904 g/mol. The van der Waals surface area contributed by atoms with Gasteiger partial charge in [-0.3, -0.25) is 9.36 Å². The molecule has 0 aromatic rings. The van der Waals surface area contributed by atoms with Gasteiger partial charge in [0.1, 0.15) is 19.3 Å². The number of likely N-dealkylation sites (N-methyl/N-ethyl adjacent to an activating group) is 1. The fraction of sp³-hybridized carbons (Fsp3) is 0.759. The lowest BCUT2D eigenvalue weighted by molar-refractivity contribution is -0.870. The fourth-order valence-corrected chi connectivity index (χ4v) is 7.53. The van der Waals surface area contributed by atoms with Crippen LogP contribution in [0, 0.1) is 0 Å². The van der Waals surface area contributed by atoms with Gasteiger partial charge in [-0.25, -0.2) is 0 Å². The highest BCUT2D eigenvalue weighted by Crippen LogP contribution is 2.38. The van der Waals surface area contributed by atoms with Crippen molar-refractivity contribution in [1.82, 2.24) is 0 Å². The number of esters is 1. The highest BCUT2D eigenvalue weighted by atomic mass is 31.2. The minimum atomic E-state index is -4.54. The Bertz CT molecular complexity index is 1230. The molecule has 0 aromatic heterocycles. The second-order valence-corrected chi connectivity index (χ2v) is 19.6. The van der Waals surface area contributed by atoms with Crippen LogP contribution in [0.3, 0.4) is 0 Å². The molecule has 0 spiro atoms. The van der Waals surface area contributed by atoms with E-state index in [0.29, 0.717) is 24.1 Å². The van der Waals surface area contributed by atoms with Crippen LogP contribution in [0.4, 0.5) is 0 Å². The Morgan fingerprint density at radius 2 is 0.921 bits per heavy atom. The highest BCUT2D eigenvalue weighted by Gasteiger charge is 2.20. The van der Waals surface area contributed by atoms with Gasteiger partial charge < -0.3 is 27.9 Å². The van der Waals surface area contributed by atoms with Crippen LogP contribution < -0.4 is 4.89 Å². The number of rotatable bonds is 47. The van der Waals surface area contributed by atoms with E-state index in [1.165, 1.54) is 109 Å². The van der Waals surface area contributed by atoms with Gasteiger partial charge in [-0.1, -0.05) is 189 Å². The third-order valence-corrected chi connectivity index (χ3v) is 11.7. The fourth-order valence-electron chi connectivity index (χ4n) is 6.80. The average molecular weight is 904 g/mol. The van der Waals surface area contributed by atoms with E-state index >= 15 is 0 Å².